The lowest BCUT2D eigenvalue weighted by Gasteiger charge is -2.17. The first-order chi connectivity index (χ1) is 12.9. The van der Waals surface area contributed by atoms with Crippen LogP contribution in [-0.4, -0.2) is 40.9 Å². The molecule has 0 aliphatic carbocycles. The molecule has 2 aromatic carbocycles. The fourth-order valence-electron chi connectivity index (χ4n) is 2.75. The number of ketones is 1. The zero-order valence-electron chi connectivity index (χ0n) is 15.5. The fraction of sp³-hybridized carbons (Fsp3) is 0.250. The van der Waals surface area contributed by atoms with Gasteiger partial charge in [0.2, 0.25) is 6.79 Å². The number of halogens is 1. The zero-order chi connectivity index (χ0) is 19.6. The van der Waals surface area contributed by atoms with Crippen molar-refractivity contribution in [1.82, 2.24) is 0 Å². The smallest absolute Gasteiger partial charge is 0.231 e. The van der Waals surface area contributed by atoms with E-state index in [0.717, 1.165) is 5.69 Å². The molecule has 0 N–H and O–H groups in total. The van der Waals surface area contributed by atoms with Gasteiger partial charge in [-0.05, 0) is 46.3 Å². The predicted molar refractivity (Wildman–Crippen MR) is 108 cm³/mol. The topological polar surface area (TPSA) is 57.2 Å². The van der Waals surface area contributed by atoms with E-state index in [-0.39, 0.29) is 12.6 Å². The molecule has 2 aromatic rings. The highest BCUT2D eigenvalue weighted by Crippen LogP contribution is 2.39. The van der Waals surface area contributed by atoms with Gasteiger partial charge < -0.3 is 23.8 Å². The van der Waals surface area contributed by atoms with Gasteiger partial charge >= 0.3 is 0 Å². The number of anilines is 1. The number of carbonyl (C=O) groups excluding carboxylic acids is 1. The molecule has 7 heteroatoms. The van der Waals surface area contributed by atoms with Gasteiger partial charge in [-0.25, -0.2) is 0 Å². The second-order valence-corrected chi connectivity index (χ2v) is 6.90. The third-order valence-electron chi connectivity index (χ3n) is 4.15. The monoisotopic (exact) mass is 433 g/mol. The number of carbonyl (C=O) groups is 1. The summed E-state index contributed by atoms with van der Waals surface area (Å²) in [6, 6.07) is 8.85. The minimum absolute atomic E-state index is 0.152. The van der Waals surface area contributed by atoms with Crippen molar-refractivity contribution in [1.29, 1.82) is 0 Å². The number of Topliss-reactive ketones (excluding diaryl/α,β-unsaturated/α-hetero) is 1. The second-order valence-electron chi connectivity index (χ2n) is 6.05. The van der Waals surface area contributed by atoms with Crippen LogP contribution in [-0.2, 0) is 0 Å². The van der Waals surface area contributed by atoms with Gasteiger partial charge in [-0.15, -0.1) is 0 Å². The molecule has 0 spiro atoms. The summed E-state index contributed by atoms with van der Waals surface area (Å²) in [4.78, 5) is 14.8. The van der Waals surface area contributed by atoms with Gasteiger partial charge in [0.25, 0.3) is 0 Å². The summed E-state index contributed by atoms with van der Waals surface area (Å²) in [5.74, 6) is 2.38. The molecule has 0 aromatic heterocycles. The summed E-state index contributed by atoms with van der Waals surface area (Å²) in [7, 11) is 6.96. The van der Waals surface area contributed by atoms with E-state index in [1.54, 1.807) is 50.6 Å². The number of methoxy groups -OCH3 is 2. The van der Waals surface area contributed by atoms with Crippen molar-refractivity contribution in [3.05, 3.63) is 45.9 Å². The maximum absolute atomic E-state index is 12.9. The van der Waals surface area contributed by atoms with Crippen molar-refractivity contribution in [2.75, 3.05) is 40.0 Å². The first-order valence-electron chi connectivity index (χ1n) is 8.19. The number of fused-ring (bicyclic) bond motifs is 1. The van der Waals surface area contributed by atoms with Crippen LogP contribution in [0.3, 0.4) is 0 Å². The lowest BCUT2D eigenvalue weighted by atomic mass is 10.1. The molecule has 142 valence electrons. The molecule has 0 fully saturated rings. The number of hydrogen-bond donors (Lipinski definition) is 0. The van der Waals surface area contributed by atoms with E-state index in [1.165, 1.54) is 0 Å². The Morgan fingerprint density at radius 2 is 1.74 bits per heavy atom. The quantitative estimate of drug-likeness (QED) is 0.504. The lowest BCUT2D eigenvalue weighted by molar-refractivity contribution is 0.104. The van der Waals surface area contributed by atoms with Crippen LogP contribution in [0, 0.1) is 0 Å². The first-order valence-corrected chi connectivity index (χ1v) is 8.98. The molecule has 0 saturated carbocycles. The summed E-state index contributed by atoms with van der Waals surface area (Å²) in [6.07, 6.45) is 1.71. The molecule has 1 heterocycles. The summed E-state index contributed by atoms with van der Waals surface area (Å²) < 4.78 is 21.9. The molecule has 6 nitrogen and oxygen atoms in total. The second kappa shape index (κ2) is 7.92. The summed E-state index contributed by atoms with van der Waals surface area (Å²) in [6.45, 7) is 0.172. The van der Waals surface area contributed by atoms with Crippen LogP contribution in [0.25, 0.3) is 6.08 Å². The highest BCUT2D eigenvalue weighted by molar-refractivity contribution is 9.12. The van der Waals surface area contributed by atoms with Gasteiger partial charge in [0.15, 0.2) is 17.3 Å². The lowest BCUT2D eigenvalue weighted by Crippen LogP contribution is -2.11. The Balaban J connectivity index is 1.95. The average molecular weight is 434 g/mol. The number of allylic oxidation sites excluding steroid dienone is 1. The van der Waals surface area contributed by atoms with Gasteiger partial charge in [-0.2, -0.15) is 0 Å². The normalized spacial score (nSPS) is 12.7. The van der Waals surface area contributed by atoms with E-state index in [9.17, 15) is 4.79 Å². The molecule has 0 unspecified atom stereocenters. The van der Waals surface area contributed by atoms with Crippen molar-refractivity contribution in [2.45, 2.75) is 0 Å². The van der Waals surface area contributed by atoms with Crippen LogP contribution in [0.15, 0.2) is 34.8 Å². The van der Waals surface area contributed by atoms with Crippen LogP contribution in [0.2, 0.25) is 0 Å². The highest BCUT2D eigenvalue weighted by Gasteiger charge is 2.19. The van der Waals surface area contributed by atoms with E-state index >= 15 is 0 Å². The number of ether oxygens (including phenoxy) is 4. The Bertz CT molecular complexity index is 907. The van der Waals surface area contributed by atoms with Gasteiger partial charge in [0.05, 0.1) is 24.4 Å². The molecular formula is C20H20BrNO5. The Hall–Kier alpha value is -2.67. The molecule has 0 amide bonds. The molecular weight excluding hydrogens is 414 g/mol. The molecule has 0 atom stereocenters. The SMILES string of the molecule is COc1cc2c(cc1/C=C(/Br)C(=O)c1ccc(OC)c(N(C)C)c1)OCO2. The number of benzene rings is 2. The average Bonchev–Trinajstić information content (AvgIpc) is 3.13. The minimum Gasteiger partial charge on any atom is -0.496 e. The van der Waals surface area contributed by atoms with E-state index in [4.69, 9.17) is 18.9 Å². The van der Waals surface area contributed by atoms with Crippen molar-refractivity contribution in [3.63, 3.8) is 0 Å². The van der Waals surface area contributed by atoms with E-state index in [2.05, 4.69) is 15.9 Å². The standard InChI is InChI=1S/C20H20BrNO5/c1-22(2)15-8-12(5-6-16(15)24-3)20(23)14(21)7-13-9-18-19(27-11-26-18)10-17(13)25-4/h5-10H,11H2,1-4H3/b14-7+. The summed E-state index contributed by atoms with van der Waals surface area (Å²) >= 11 is 3.40. The van der Waals surface area contributed by atoms with Crippen LogP contribution in [0.5, 0.6) is 23.0 Å². The van der Waals surface area contributed by atoms with Gasteiger partial charge in [0.1, 0.15) is 11.5 Å². The van der Waals surface area contributed by atoms with Crippen molar-refractivity contribution < 1.29 is 23.7 Å². The predicted octanol–water partition coefficient (Wildman–Crippen LogP) is 4.12. The van der Waals surface area contributed by atoms with E-state index in [1.807, 2.05) is 19.0 Å². The Labute approximate surface area is 166 Å². The van der Waals surface area contributed by atoms with E-state index < -0.39 is 0 Å². The molecule has 27 heavy (non-hydrogen) atoms. The molecule has 1 aliphatic heterocycles. The molecule has 0 bridgehead atoms. The van der Waals surface area contributed by atoms with E-state index in [0.29, 0.717) is 38.6 Å². The van der Waals surface area contributed by atoms with Gasteiger partial charge in [-0.3, -0.25) is 4.79 Å². The van der Waals surface area contributed by atoms with Crippen molar-refractivity contribution >= 4 is 33.5 Å². The van der Waals surface area contributed by atoms with Crippen LogP contribution >= 0.6 is 15.9 Å². The first kappa shape index (κ1) is 19.1. The number of hydrogen-bond acceptors (Lipinski definition) is 6. The fourth-order valence-corrected chi connectivity index (χ4v) is 3.22. The van der Waals surface area contributed by atoms with Gasteiger partial charge in [0, 0.05) is 31.3 Å². The van der Waals surface area contributed by atoms with Crippen molar-refractivity contribution in [2.24, 2.45) is 0 Å². The summed E-state index contributed by atoms with van der Waals surface area (Å²) in [5, 5.41) is 0. The highest BCUT2D eigenvalue weighted by atomic mass is 79.9. The summed E-state index contributed by atoms with van der Waals surface area (Å²) in [5.41, 5.74) is 2.08. The zero-order valence-corrected chi connectivity index (χ0v) is 17.1. The molecule has 0 saturated heterocycles. The third kappa shape index (κ3) is 3.88. The molecule has 1 aliphatic rings. The molecule has 3 rings (SSSR count). The molecule has 0 radical (unpaired) electrons. The van der Waals surface area contributed by atoms with Gasteiger partial charge in [-0.1, -0.05) is 0 Å². The van der Waals surface area contributed by atoms with Crippen LogP contribution in [0.4, 0.5) is 5.69 Å². The largest absolute Gasteiger partial charge is 0.496 e. The number of rotatable bonds is 6. The maximum atomic E-state index is 12.9. The Kier molecular flexibility index (Phi) is 5.60. The van der Waals surface area contributed by atoms with Crippen molar-refractivity contribution in [3.8, 4) is 23.0 Å². The third-order valence-corrected chi connectivity index (χ3v) is 4.74. The Morgan fingerprint density at radius 1 is 1.07 bits per heavy atom. The number of nitrogens with zero attached hydrogens (tertiary/aromatic N) is 1. The minimum atomic E-state index is -0.152. The Morgan fingerprint density at radius 3 is 2.37 bits per heavy atom. The maximum Gasteiger partial charge on any atom is 0.231 e. The van der Waals surface area contributed by atoms with Crippen LogP contribution in [0.1, 0.15) is 15.9 Å². The van der Waals surface area contributed by atoms with Crippen LogP contribution < -0.4 is 23.8 Å².